The van der Waals surface area contributed by atoms with Gasteiger partial charge in [-0.2, -0.15) is 5.10 Å². The maximum absolute atomic E-state index is 11.7. The van der Waals surface area contributed by atoms with E-state index in [-0.39, 0.29) is 10.6 Å². The molecule has 3 N–H and O–H groups in total. The Kier molecular flexibility index (Phi) is 5.45. The zero-order chi connectivity index (χ0) is 12.7. The third-order valence-electron chi connectivity index (χ3n) is 2.00. The van der Waals surface area contributed by atoms with E-state index < -0.39 is 0 Å². The first kappa shape index (κ1) is 13.5. The minimum Gasteiger partial charge on any atom is -0.379 e. The van der Waals surface area contributed by atoms with Crippen molar-refractivity contribution in [3.8, 4) is 0 Å². The summed E-state index contributed by atoms with van der Waals surface area (Å²) in [6, 6.07) is 0. The minimum atomic E-state index is -0.334. The molecular weight excluding hydrogens is 240 g/mol. The summed E-state index contributed by atoms with van der Waals surface area (Å²) in [6.45, 7) is 4.90. The largest absolute Gasteiger partial charge is 0.379 e. The molecule has 1 aromatic rings. The Labute approximate surface area is 105 Å². The van der Waals surface area contributed by atoms with Crippen molar-refractivity contribution < 1.29 is 0 Å². The van der Waals surface area contributed by atoms with Gasteiger partial charge in [-0.1, -0.05) is 29.8 Å². The van der Waals surface area contributed by atoms with Crippen molar-refractivity contribution in [2.24, 2.45) is 5.73 Å². The molecule has 1 rings (SSSR count). The number of halogens is 1. The van der Waals surface area contributed by atoms with Crippen molar-refractivity contribution in [3.05, 3.63) is 46.4 Å². The topological polar surface area (TPSA) is 72.9 Å². The summed E-state index contributed by atoms with van der Waals surface area (Å²) in [5, 5.41) is 7.07. The summed E-state index contributed by atoms with van der Waals surface area (Å²) in [4.78, 5) is 11.7. The Morgan fingerprint density at radius 3 is 3.00 bits per heavy atom. The van der Waals surface area contributed by atoms with Crippen LogP contribution in [0.3, 0.4) is 0 Å². The molecule has 1 aromatic heterocycles. The molecule has 0 atom stereocenters. The van der Waals surface area contributed by atoms with Crippen LogP contribution in [0.25, 0.3) is 0 Å². The Balaban J connectivity index is 2.81. The predicted octanol–water partition coefficient (Wildman–Crippen LogP) is 1.01. The van der Waals surface area contributed by atoms with E-state index in [0.29, 0.717) is 25.3 Å². The number of hydrogen-bond donors (Lipinski definition) is 2. The number of allylic oxidation sites excluding steroid dienone is 1. The molecule has 0 unspecified atom stereocenters. The molecule has 0 aliphatic rings. The van der Waals surface area contributed by atoms with Crippen molar-refractivity contribution >= 4 is 17.3 Å². The van der Waals surface area contributed by atoms with Gasteiger partial charge in [0.05, 0.1) is 18.4 Å². The SMILES string of the molecule is C=CCn1ncc(NC/C=C/CN)c(Cl)c1=O. The van der Waals surface area contributed by atoms with Crippen LogP contribution in [0.15, 0.2) is 35.8 Å². The van der Waals surface area contributed by atoms with Gasteiger partial charge in [-0.25, -0.2) is 4.68 Å². The molecule has 1 heterocycles. The van der Waals surface area contributed by atoms with Gasteiger partial charge in [0.15, 0.2) is 0 Å². The normalized spacial score (nSPS) is 10.7. The predicted molar refractivity (Wildman–Crippen MR) is 70.4 cm³/mol. The summed E-state index contributed by atoms with van der Waals surface area (Å²) >= 11 is 5.93. The third-order valence-corrected chi connectivity index (χ3v) is 2.37. The molecule has 92 valence electrons. The molecule has 0 amide bonds. The summed E-state index contributed by atoms with van der Waals surface area (Å²) in [7, 11) is 0. The van der Waals surface area contributed by atoms with Gasteiger partial charge < -0.3 is 11.1 Å². The molecule has 0 bridgehead atoms. The van der Waals surface area contributed by atoms with Gasteiger partial charge in [0.25, 0.3) is 5.56 Å². The zero-order valence-electron chi connectivity index (χ0n) is 9.40. The monoisotopic (exact) mass is 254 g/mol. The van der Waals surface area contributed by atoms with Crippen molar-refractivity contribution in [3.63, 3.8) is 0 Å². The fraction of sp³-hybridized carbons (Fsp3) is 0.273. The molecule has 17 heavy (non-hydrogen) atoms. The number of nitrogens with zero attached hydrogens (tertiary/aromatic N) is 2. The molecule has 5 nitrogen and oxygen atoms in total. The molecular formula is C11H15ClN4O. The highest BCUT2D eigenvalue weighted by molar-refractivity contribution is 6.32. The van der Waals surface area contributed by atoms with E-state index in [0.717, 1.165) is 0 Å². The number of nitrogens with one attached hydrogen (secondary N) is 1. The first-order chi connectivity index (χ1) is 8.20. The summed E-state index contributed by atoms with van der Waals surface area (Å²) in [5.74, 6) is 0. The van der Waals surface area contributed by atoms with Gasteiger partial charge in [0.1, 0.15) is 5.02 Å². The molecule has 0 saturated heterocycles. The number of hydrogen-bond acceptors (Lipinski definition) is 4. The van der Waals surface area contributed by atoms with E-state index in [4.69, 9.17) is 17.3 Å². The lowest BCUT2D eigenvalue weighted by atomic mass is 10.4. The van der Waals surface area contributed by atoms with Gasteiger partial charge in [-0.05, 0) is 0 Å². The Hall–Kier alpha value is -1.59. The van der Waals surface area contributed by atoms with Crippen LogP contribution in [-0.2, 0) is 6.54 Å². The second-order valence-electron chi connectivity index (χ2n) is 3.24. The molecule has 0 aliphatic carbocycles. The van der Waals surface area contributed by atoms with E-state index in [2.05, 4.69) is 17.0 Å². The molecule has 0 saturated carbocycles. The second-order valence-corrected chi connectivity index (χ2v) is 3.61. The number of nitrogens with two attached hydrogens (primary N) is 1. The lowest BCUT2D eigenvalue weighted by molar-refractivity contribution is 0.653. The molecule has 0 spiro atoms. The summed E-state index contributed by atoms with van der Waals surface area (Å²) in [6.07, 6.45) is 6.77. The van der Waals surface area contributed by atoms with E-state index in [1.165, 1.54) is 10.9 Å². The minimum absolute atomic E-state index is 0.128. The summed E-state index contributed by atoms with van der Waals surface area (Å²) in [5.41, 5.74) is 5.48. The lowest BCUT2D eigenvalue weighted by Gasteiger charge is -2.07. The number of rotatable bonds is 6. The Morgan fingerprint density at radius 1 is 1.59 bits per heavy atom. The molecule has 0 radical (unpaired) electrons. The molecule has 0 aromatic carbocycles. The lowest BCUT2D eigenvalue weighted by Crippen LogP contribution is -2.23. The van der Waals surface area contributed by atoms with Crippen LogP contribution in [0.4, 0.5) is 5.69 Å². The van der Waals surface area contributed by atoms with E-state index in [9.17, 15) is 4.79 Å². The highest BCUT2D eigenvalue weighted by Gasteiger charge is 2.07. The van der Waals surface area contributed by atoms with Crippen molar-refractivity contribution in [2.75, 3.05) is 18.4 Å². The van der Waals surface area contributed by atoms with Crippen LogP contribution >= 0.6 is 11.6 Å². The van der Waals surface area contributed by atoms with E-state index in [1.807, 2.05) is 12.2 Å². The molecule has 0 aliphatic heterocycles. The van der Waals surface area contributed by atoms with Crippen LogP contribution < -0.4 is 16.6 Å². The number of aromatic nitrogens is 2. The fourth-order valence-electron chi connectivity index (χ4n) is 1.19. The second kappa shape index (κ2) is 6.88. The van der Waals surface area contributed by atoms with Crippen LogP contribution in [0.1, 0.15) is 0 Å². The van der Waals surface area contributed by atoms with Gasteiger partial charge >= 0.3 is 0 Å². The maximum Gasteiger partial charge on any atom is 0.287 e. The van der Waals surface area contributed by atoms with Gasteiger partial charge in [-0.15, -0.1) is 6.58 Å². The average Bonchev–Trinajstić information content (AvgIpc) is 2.33. The van der Waals surface area contributed by atoms with Crippen LogP contribution in [0.2, 0.25) is 5.02 Å². The highest BCUT2D eigenvalue weighted by atomic mass is 35.5. The Morgan fingerprint density at radius 2 is 2.35 bits per heavy atom. The van der Waals surface area contributed by atoms with Crippen LogP contribution in [0, 0.1) is 0 Å². The average molecular weight is 255 g/mol. The smallest absolute Gasteiger partial charge is 0.287 e. The van der Waals surface area contributed by atoms with Crippen LogP contribution in [0.5, 0.6) is 0 Å². The van der Waals surface area contributed by atoms with Crippen molar-refractivity contribution in [1.82, 2.24) is 9.78 Å². The van der Waals surface area contributed by atoms with Gasteiger partial charge in [0, 0.05) is 13.1 Å². The number of anilines is 1. The Bertz CT molecular complexity index is 467. The molecule has 0 fully saturated rings. The van der Waals surface area contributed by atoms with Crippen molar-refractivity contribution in [1.29, 1.82) is 0 Å². The van der Waals surface area contributed by atoms with E-state index >= 15 is 0 Å². The van der Waals surface area contributed by atoms with Crippen LogP contribution in [-0.4, -0.2) is 22.9 Å². The fourth-order valence-corrected chi connectivity index (χ4v) is 1.40. The van der Waals surface area contributed by atoms with Gasteiger partial charge in [-0.3, -0.25) is 4.79 Å². The third kappa shape index (κ3) is 3.72. The maximum atomic E-state index is 11.7. The first-order valence-corrected chi connectivity index (χ1v) is 5.54. The highest BCUT2D eigenvalue weighted by Crippen LogP contribution is 2.14. The first-order valence-electron chi connectivity index (χ1n) is 5.16. The quantitative estimate of drug-likeness (QED) is 0.743. The van der Waals surface area contributed by atoms with Crippen molar-refractivity contribution in [2.45, 2.75) is 6.54 Å². The molecule has 6 heteroatoms. The summed E-state index contributed by atoms with van der Waals surface area (Å²) < 4.78 is 1.25. The van der Waals surface area contributed by atoms with Gasteiger partial charge in [0.2, 0.25) is 0 Å². The zero-order valence-corrected chi connectivity index (χ0v) is 10.2. The standard InChI is InChI=1S/C11H15ClN4O/c1-2-7-16-11(17)10(12)9(8-15-16)14-6-4-3-5-13/h2-4,8,14H,1,5-7,13H2/b4-3+. The van der Waals surface area contributed by atoms with E-state index in [1.54, 1.807) is 6.08 Å².